The van der Waals surface area contributed by atoms with Crippen molar-refractivity contribution in [3.05, 3.63) is 58.6 Å². The molecule has 0 amide bonds. The van der Waals surface area contributed by atoms with E-state index in [0.29, 0.717) is 30.6 Å². The van der Waals surface area contributed by atoms with E-state index in [1.165, 1.54) is 28.6 Å². The number of anilines is 1. The third-order valence-electron chi connectivity index (χ3n) is 4.64. The van der Waals surface area contributed by atoms with Crippen molar-refractivity contribution in [3.63, 3.8) is 0 Å². The van der Waals surface area contributed by atoms with Gasteiger partial charge in [-0.2, -0.15) is 4.31 Å². The molecule has 0 aromatic heterocycles. The molecule has 11 heteroatoms. The summed E-state index contributed by atoms with van der Waals surface area (Å²) in [4.78, 5) is 12.1. The van der Waals surface area contributed by atoms with Crippen LogP contribution in [0.3, 0.4) is 0 Å². The molecule has 1 aliphatic rings. The predicted octanol–water partition coefficient (Wildman–Crippen LogP) is 2.70. The summed E-state index contributed by atoms with van der Waals surface area (Å²) in [6, 6.07) is 12.4. The van der Waals surface area contributed by atoms with Crippen LogP contribution in [0.2, 0.25) is 0 Å². The van der Waals surface area contributed by atoms with Gasteiger partial charge in [0.1, 0.15) is 5.75 Å². The smallest absolute Gasteiger partial charge is 0.269 e. The predicted molar refractivity (Wildman–Crippen MR) is 117 cm³/mol. The molecular formula is C19H22N4O5S2. The molecule has 0 bridgehead atoms. The Kier molecular flexibility index (Phi) is 6.85. The average Bonchev–Trinajstić information content (AvgIpc) is 2.75. The number of thiocarbonyl (C=S) groups is 1. The number of nitro benzene ring substituents is 1. The SMILES string of the molecule is CCOc1ccccc1NC(=S)N1CCN(S(=O)(=O)c2ccc([N+](=O)[O-])cc2)CC1. The van der Waals surface area contributed by atoms with Gasteiger partial charge in [-0.05, 0) is 43.4 Å². The lowest BCUT2D eigenvalue weighted by molar-refractivity contribution is -0.384. The number of nitro groups is 1. The van der Waals surface area contributed by atoms with Crippen molar-refractivity contribution in [2.45, 2.75) is 11.8 Å². The van der Waals surface area contributed by atoms with Crippen molar-refractivity contribution in [3.8, 4) is 5.75 Å². The lowest BCUT2D eigenvalue weighted by atomic mass is 10.3. The lowest BCUT2D eigenvalue weighted by Gasteiger charge is -2.35. The van der Waals surface area contributed by atoms with Gasteiger partial charge in [-0.15, -0.1) is 0 Å². The largest absolute Gasteiger partial charge is 0.492 e. The molecule has 0 radical (unpaired) electrons. The van der Waals surface area contributed by atoms with Crippen molar-refractivity contribution in [1.82, 2.24) is 9.21 Å². The zero-order chi connectivity index (χ0) is 21.7. The summed E-state index contributed by atoms with van der Waals surface area (Å²) in [5, 5.41) is 14.4. The number of para-hydroxylation sites is 2. The van der Waals surface area contributed by atoms with Gasteiger partial charge in [-0.3, -0.25) is 10.1 Å². The maximum atomic E-state index is 12.8. The van der Waals surface area contributed by atoms with Gasteiger partial charge < -0.3 is 15.0 Å². The van der Waals surface area contributed by atoms with Crippen molar-refractivity contribution in [1.29, 1.82) is 0 Å². The molecule has 2 aromatic rings. The van der Waals surface area contributed by atoms with Gasteiger partial charge in [0, 0.05) is 38.3 Å². The molecule has 9 nitrogen and oxygen atoms in total. The fourth-order valence-corrected chi connectivity index (χ4v) is 4.78. The fourth-order valence-electron chi connectivity index (χ4n) is 3.07. The van der Waals surface area contributed by atoms with Gasteiger partial charge in [-0.1, -0.05) is 12.1 Å². The van der Waals surface area contributed by atoms with Crippen LogP contribution in [0, 0.1) is 10.1 Å². The van der Waals surface area contributed by atoms with Crippen LogP contribution in [-0.2, 0) is 10.0 Å². The molecule has 0 spiro atoms. The van der Waals surface area contributed by atoms with Crippen molar-refractivity contribution in [2.75, 3.05) is 38.1 Å². The summed E-state index contributed by atoms with van der Waals surface area (Å²) in [5.74, 6) is 0.696. The first-order valence-corrected chi connectivity index (χ1v) is 11.2. The van der Waals surface area contributed by atoms with Crippen LogP contribution in [0.25, 0.3) is 0 Å². The maximum absolute atomic E-state index is 12.8. The Balaban J connectivity index is 1.62. The summed E-state index contributed by atoms with van der Waals surface area (Å²) in [6.45, 7) is 3.80. The maximum Gasteiger partial charge on any atom is 0.269 e. The molecule has 3 rings (SSSR count). The second kappa shape index (κ2) is 9.37. The third-order valence-corrected chi connectivity index (χ3v) is 6.91. The number of sulfonamides is 1. The summed E-state index contributed by atoms with van der Waals surface area (Å²) in [6.07, 6.45) is 0. The highest BCUT2D eigenvalue weighted by atomic mass is 32.2. The highest BCUT2D eigenvalue weighted by molar-refractivity contribution is 7.89. The molecule has 1 fully saturated rings. The molecule has 160 valence electrons. The molecule has 0 atom stereocenters. The lowest BCUT2D eigenvalue weighted by Crippen LogP contribution is -2.51. The van der Waals surface area contributed by atoms with Crippen LogP contribution in [0.15, 0.2) is 53.4 Å². The Bertz CT molecular complexity index is 1020. The summed E-state index contributed by atoms with van der Waals surface area (Å²) in [5.41, 5.74) is 0.604. The Morgan fingerprint density at radius 1 is 1.13 bits per heavy atom. The highest BCUT2D eigenvalue weighted by Gasteiger charge is 2.29. The van der Waals surface area contributed by atoms with E-state index in [1.807, 2.05) is 36.1 Å². The van der Waals surface area contributed by atoms with Crippen LogP contribution in [0.1, 0.15) is 6.92 Å². The van der Waals surface area contributed by atoms with Crippen molar-refractivity contribution < 1.29 is 18.1 Å². The van der Waals surface area contributed by atoms with E-state index >= 15 is 0 Å². The highest BCUT2D eigenvalue weighted by Crippen LogP contribution is 2.25. The first-order chi connectivity index (χ1) is 14.3. The minimum Gasteiger partial charge on any atom is -0.492 e. The molecule has 0 unspecified atom stereocenters. The normalized spacial score (nSPS) is 14.9. The van der Waals surface area contributed by atoms with Crippen LogP contribution in [0.4, 0.5) is 11.4 Å². The van der Waals surface area contributed by atoms with E-state index in [2.05, 4.69) is 5.32 Å². The number of hydrogen-bond acceptors (Lipinski definition) is 6. The number of piperazine rings is 1. The second-order valence-electron chi connectivity index (χ2n) is 6.50. The van der Waals surface area contributed by atoms with E-state index in [9.17, 15) is 18.5 Å². The van der Waals surface area contributed by atoms with E-state index in [1.54, 1.807) is 0 Å². The topological polar surface area (TPSA) is 105 Å². The van der Waals surface area contributed by atoms with Gasteiger partial charge in [0.15, 0.2) is 5.11 Å². The van der Waals surface area contributed by atoms with E-state index < -0.39 is 14.9 Å². The molecule has 1 heterocycles. The number of nitrogens with zero attached hydrogens (tertiary/aromatic N) is 3. The first-order valence-electron chi connectivity index (χ1n) is 9.35. The minimum atomic E-state index is -3.73. The first kappa shape index (κ1) is 21.9. The van der Waals surface area contributed by atoms with E-state index in [-0.39, 0.29) is 23.7 Å². The van der Waals surface area contributed by atoms with E-state index in [0.717, 1.165) is 5.69 Å². The van der Waals surface area contributed by atoms with Gasteiger partial charge in [0.25, 0.3) is 5.69 Å². The second-order valence-corrected chi connectivity index (χ2v) is 8.83. The Labute approximate surface area is 180 Å². The van der Waals surface area contributed by atoms with Gasteiger partial charge in [-0.25, -0.2) is 8.42 Å². The molecule has 1 N–H and O–H groups in total. The zero-order valence-electron chi connectivity index (χ0n) is 16.4. The minimum absolute atomic E-state index is 0.0351. The standard InChI is InChI=1S/C19H22N4O5S2/c1-2-28-18-6-4-3-5-17(18)20-19(29)21-11-13-22(14-12-21)30(26,27)16-9-7-15(8-10-16)23(24)25/h3-10H,2,11-14H2,1H3,(H,20,29). The van der Waals surface area contributed by atoms with Crippen LogP contribution in [-0.4, -0.2) is 60.4 Å². The fraction of sp³-hybridized carbons (Fsp3) is 0.316. The number of rotatable bonds is 6. The van der Waals surface area contributed by atoms with Gasteiger partial charge >= 0.3 is 0 Å². The third kappa shape index (κ3) is 4.86. The molecule has 1 aliphatic heterocycles. The van der Waals surface area contributed by atoms with Crippen molar-refractivity contribution >= 4 is 38.7 Å². The Morgan fingerprint density at radius 2 is 1.77 bits per heavy atom. The van der Waals surface area contributed by atoms with Crippen LogP contribution < -0.4 is 10.1 Å². The van der Waals surface area contributed by atoms with Crippen LogP contribution >= 0.6 is 12.2 Å². The average molecular weight is 451 g/mol. The summed E-state index contributed by atoms with van der Waals surface area (Å²) in [7, 11) is -3.73. The monoisotopic (exact) mass is 450 g/mol. The number of hydrogen-bond donors (Lipinski definition) is 1. The number of benzene rings is 2. The summed E-state index contributed by atoms with van der Waals surface area (Å²) < 4.78 is 32.6. The van der Waals surface area contributed by atoms with E-state index in [4.69, 9.17) is 17.0 Å². The zero-order valence-corrected chi connectivity index (χ0v) is 18.0. The molecule has 1 saturated heterocycles. The number of nitrogens with one attached hydrogen (secondary N) is 1. The molecule has 2 aromatic carbocycles. The van der Waals surface area contributed by atoms with Crippen LogP contribution in [0.5, 0.6) is 5.75 Å². The van der Waals surface area contributed by atoms with Gasteiger partial charge in [0.2, 0.25) is 10.0 Å². The quantitative estimate of drug-likeness (QED) is 0.407. The molecular weight excluding hydrogens is 428 g/mol. The molecule has 0 saturated carbocycles. The number of non-ortho nitro benzene ring substituents is 1. The number of ether oxygens (including phenoxy) is 1. The Morgan fingerprint density at radius 3 is 2.37 bits per heavy atom. The Hall–Kier alpha value is -2.76. The molecule has 30 heavy (non-hydrogen) atoms. The molecule has 0 aliphatic carbocycles. The summed E-state index contributed by atoms with van der Waals surface area (Å²) >= 11 is 5.49. The van der Waals surface area contributed by atoms with Gasteiger partial charge in [0.05, 0.1) is 22.1 Å². The van der Waals surface area contributed by atoms with Crippen molar-refractivity contribution in [2.24, 2.45) is 0 Å².